The Kier molecular flexibility index (Phi) is 53.2. The third-order valence-corrected chi connectivity index (χ3v) is 16.2. The number of rotatable bonds is 58. The number of carbonyl (C=O) groups is 1. The summed E-state index contributed by atoms with van der Waals surface area (Å²) < 4.78 is 11.2. The maximum Gasteiger partial charge on any atom is 0.249 e. The van der Waals surface area contributed by atoms with Crippen LogP contribution in [-0.2, 0) is 14.3 Å². The van der Waals surface area contributed by atoms with Gasteiger partial charge in [-0.3, -0.25) is 4.79 Å². The third-order valence-electron chi connectivity index (χ3n) is 16.2. The van der Waals surface area contributed by atoms with E-state index in [-0.39, 0.29) is 12.8 Å². The molecular weight excluding hydrogens is 979 g/mol. The second-order valence-electron chi connectivity index (χ2n) is 23.5. The summed E-state index contributed by atoms with van der Waals surface area (Å²) in [7, 11) is 0. The van der Waals surface area contributed by atoms with Crippen molar-refractivity contribution in [1.82, 2.24) is 5.32 Å². The van der Waals surface area contributed by atoms with Crippen molar-refractivity contribution in [3.8, 4) is 0 Å². The first-order chi connectivity index (χ1) is 38.2. The molecule has 0 aromatic rings. The molecule has 78 heavy (non-hydrogen) atoms. The van der Waals surface area contributed by atoms with Crippen molar-refractivity contribution < 1.29 is 50.0 Å². The van der Waals surface area contributed by atoms with Crippen LogP contribution in [0.4, 0.5) is 0 Å². The van der Waals surface area contributed by atoms with Crippen molar-refractivity contribution in [3.63, 3.8) is 0 Å². The van der Waals surface area contributed by atoms with Crippen molar-refractivity contribution in [2.75, 3.05) is 13.2 Å². The molecule has 9 unspecified atom stereocenters. The molecule has 11 nitrogen and oxygen atoms in total. The van der Waals surface area contributed by atoms with Gasteiger partial charge in [0.15, 0.2) is 6.29 Å². The summed E-state index contributed by atoms with van der Waals surface area (Å²) in [5.41, 5.74) is 0. The first-order valence-electron chi connectivity index (χ1n) is 33.4. The van der Waals surface area contributed by atoms with E-state index in [2.05, 4.69) is 55.6 Å². The summed E-state index contributed by atoms with van der Waals surface area (Å²) in [4.78, 5) is 13.2. The topological polar surface area (TPSA) is 189 Å². The first-order valence-corrected chi connectivity index (χ1v) is 33.4. The van der Waals surface area contributed by atoms with Crippen LogP contribution in [0.1, 0.15) is 316 Å². The molecule has 1 aliphatic rings. The molecule has 0 aromatic carbocycles. The Morgan fingerprint density at radius 3 is 1.14 bits per heavy atom. The largest absolute Gasteiger partial charge is 0.394 e. The zero-order valence-corrected chi connectivity index (χ0v) is 50.7. The lowest BCUT2D eigenvalue weighted by Crippen LogP contribution is -2.60. The van der Waals surface area contributed by atoms with E-state index in [4.69, 9.17) is 9.47 Å². The number of hydrogen-bond donors (Lipinski definition) is 8. The fraction of sp³-hybridized carbons (Fsp3) is 0.896. The lowest BCUT2D eigenvalue weighted by molar-refractivity contribution is -0.303. The summed E-state index contributed by atoms with van der Waals surface area (Å²) >= 11 is 0. The number of allylic oxidation sites excluding steroid dienone is 6. The van der Waals surface area contributed by atoms with Crippen LogP contribution in [0.3, 0.4) is 0 Å². The fourth-order valence-corrected chi connectivity index (χ4v) is 10.8. The van der Waals surface area contributed by atoms with E-state index in [0.29, 0.717) is 19.3 Å². The van der Waals surface area contributed by atoms with Gasteiger partial charge in [0, 0.05) is 0 Å². The van der Waals surface area contributed by atoms with Gasteiger partial charge in [-0.1, -0.05) is 288 Å². The van der Waals surface area contributed by atoms with Crippen LogP contribution < -0.4 is 5.32 Å². The average Bonchev–Trinajstić information content (AvgIpc) is 3.45. The lowest BCUT2D eigenvalue weighted by Gasteiger charge is -2.40. The van der Waals surface area contributed by atoms with Crippen LogP contribution in [0.5, 0.6) is 0 Å². The number of amides is 1. The van der Waals surface area contributed by atoms with E-state index in [1.807, 2.05) is 0 Å². The fourth-order valence-electron chi connectivity index (χ4n) is 10.8. The van der Waals surface area contributed by atoms with Crippen LogP contribution in [0.2, 0.25) is 0 Å². The molecule has 1 aliphatic heterocycles. The van der Waals surface area contributed by atoms with Gasteiger partial charge < -0.3 is 50.5 Å². The molecule has 1 fully saturated rings. The van der Waals surface area contributed by atoms with E-state index in [9.17, 15) is 40.5 Å². The predicted octanol–water partition coefficient (Wildman–Crippen LogP) is 15.4. The SMILES string of the molecule is CCCCCCCCCCCCCCCCCCCCC/C=C/CC/C=C/CC/C=C/CCCC(O)C(O)C(COC1OC(CO)C(O)C(O)C1O)NC(=O)C(O)CCCCCCCCCCCCCCCCCCCCC. The Bertz CT molecular complexity index is 1360. The molecule has 8 N–H and O–H groups in total. The Morgan fingerprint density at radius 1 is 0.436 bits per heavy atom. The van der Waals surface area contributed by atoms with Crippen molar-refractivity contribution in [2.24, 2.45) is 0 Å². The Labute approximate surface area is 479 Å². The molecule has 0 saturated carbocycles. The van der Waals surface area contributed by atoms with Crippen LogP contribution in [-0.4, -0.2) is 110 Å². The molecule has 11 heteroatoms. The van der Waals surface area contributed by atoms with Gasteiger partial charge in [0.2, 0.25) is 5.91 Å². The molecule has 1 heterocycles. The first kappa shape index (κ1) is 74.3. The number of hydrogen-bond acceptors (Lipinski definition) is 10. The summed E-state index contributed by atoms with van der Waals surface area (Å²) in [6.07, 6.45) is 59.4. The molecule has 9 atom stereocenters. The highest BCUT2D eigenvalue weighted by Gasteiger charge is 2.44. The standard InChI is InChI=1S/C67H127NO10/c1-3-5-7-9-11-13-15-17-19-21-23-24-25-26-27-28-29-30-31-32-33-34-35-37-38-40-42-44-46-48-50-52-54-59(70)62(72)58(57-77-67-65(75)64(74)63(73)61(56-69)78-67)68-66(76)60(71)55-53-51-49-47-45-43-41-39-36-22-20-18-16-14-12-10-8-6-4-2/h33-34,38,40,46,48,58-65,67,69-75H,3-32,35-37,39,41-45,47,49-57H2,1-2H3,(H,68,76)/b34-33+,40-38+,48-46+. The molecular formula is C67H127NO10. The molecule has 0 spiro atoms. The summed E-state index contributed by atoms with van der Waals surface area (Å²) in [6.45, 7) is 3.48. The van der Waals surface area contributed by atoms with Crippen LogP contribution >= 0.6 is 0 Å². The van der Waals surface area contributed by atoms with Crippen molar-refractivity contribution in [3.05, 3.63) is 36.5 Å². The van der Waals surface area contributed by atoms with Gasteiger partial charge in [0.25, 0.3) is 0 Å². The molecule has 1 saturated heterocycles. The zero-order valence-electron chi connectivity index (χ0n) is 50.7. The highest BCUT2D eigenvalue weighted by Crippen LogP contribution is 2.24. The highest BCUT2D eigenvalue weighted by atomic mass is 16.7. The second-order valence-corrected chi connectivity index (χ2v) is 23.5. The van der Waals surface area contributed by atoms with E-state index in [1.54, 1.807) is 0 Å². The number of aliphatic hydroxyl groups excluding tert-OH is 7. The maximum absolute atomic E-state index is 13.2. The third kappa shape index (κ3) is 43.1. The van der Waals surface area contributed by atoms with Crippen LogP contribution in [0.25, 0.3) is 0 Å². The van der Waals surface area contributed by atoms with Gasteiger partial charge in [-0.05, 0) is 64.2 Å². The van der Waals surface area contributed by atoms with Crippen LogP contribution in [0, 0.1) is 0 Å². The molecule has 460 valence electrons. The second kappa shape index (κ2) is 55.8. The van der Waals surface area contributed by atoms with Crippen LogP contribution in [0.15, 0.2) is 36.5 Å². The molecule has 1 rings (SSSR count). The Morgan fingerprint density at radius 2 is 0.769 bits per heavy atom. The van der Waals surface area contributed by atoms with E-state index >= 15 is 0 Å². The highest BCUT2D eigenvalue weighted by molar-refractivity contribution is 5.80. The van der Waals surface area contributed by atoms with Gasteiger partial charge in [0.1, 0.15) is 36.6 Å². The molecule has 1 amide bonds. The molecule has 0 aromatic heterocycles. The van der Waals surface area contributed by atoms with Crippen molar-refractivity contribution >= 4 is 5.91 Å². The van der Waals surface area contributed by atoms with Gasteiger partial charge >= 0.3 is 0 Å². The summed E-state index contributed by atoms with van der Waals surface area (Å²) in [5.74, 6) is -0.708. The number of carbonyl (C=O) groups excluding carboxylic acids is 1. The van der Waals surface area contributed by atoms with Gasteiger partial charge in [-0.15, -0.1) is 0 Å². The lowest BCUT2D eigenvalue weighted by atomic mass is 9.98. The van der Waals surface area contributed by atoms with E-state index in [1.165, 1.54) is 225 Å². The smallest absolute Gasteiger partial charge is 0.249 e. The van der Waals surface area contributed by atoms with E-state index in [0.717, 1.165) is 44.9 Å². The minimum atomic E-state index is -1.67. The molecule has 0 bridgehead atoms. The van der Waals surface area contributed by atoms with Crippen molar-refractivity contribution in [2.45, 2.75) is 371 Å². The molecule has 0 aliphatic carbocycles. The Hall–Kier alpha value is -1.67. The summed E-state index contributed by atoms with van der Waals surface area (Å²) in [6, 6.07) is -1.19. The maximum atomic E-state index is 13.2. The number of nitrogens with one attached hydrogen (secondary N) is 1. The van der Waals surface area contributed by atoms with Crippen molar-refractivity contribution in [1.29, 1.82) is 0 Å². The monoisotopic (exact) mass is 1110 g/mol. The summed E-state index contributed by atoms with van der Waals surface area (Å²) in [5, 5.41) is 76.3. The Balaban J connectivity index is 2.25. The quantitative estimate of drug-likeness (QED) is 0.0215. The van der Waals surface area contributed by atoms with Gasteiger partial charge in [-0.25, -0.2) is 0 Å². The minimum absolute atomic E-state index is 0.243. The predicted molar refractivity (Wildman–Crippen MR) is 325 cm³/mol. The number of unbranched alkanes of at least 4 members (excludes halogenated alkanes) is 40. The molecule has 0 radical (unpaired) electrons. The number of aliphatic hydroxyl groups is 7. The van der Waals surface area contributed by atoms with Gasteiger partial charge in [0.05, 0.1) is 25.4 Å². The van der Waals surface area contributed by atoms with E-state index < -0.39 is 74.2 Å². The normalized spacial score (nSPS) is 19.6. The van der Waals surface area contributed by atoms with Gasteiger partial charge in [-0.2, -0.15) is 0 Å². The minimum Gasteiger partial charge on any atom is -0.394 e. The number of ether oxygens (including phenoxy) is 2. The average molecular weight is 1110 g/mol. The zero-order chi connectivity index (χ0) is 56.8.